The average molecular weight is 296 g/mol. The second-order valence-electron chi connectivity index (χ2n) is 4.25. The van der Waals surface area contributed by atoms with Crippen molar-refractivity contribution in [1.82, 2.24) is 19.5 Å². The highest BCUT2D eigenvalue weighted by Crippen LogP contribution is 2.16. The number of sulfonamides is 1. The molecule has 8 nitrogen and oxygen atoms in total. The molecule has 0 aliphatic carbocycles. The summed E-state index contributed by atoms with van der Waals surface area (Å²) in [7, 11) is -3.75. The van der Waals surface area contributed by atoms with E-state index in [4.69, 9.17) is 5.84 Å². The van der Waals surface area contributed by atoms with Gasteiger partial charge in [-0.05, 0) is 25.1 Å². The maximum Gasteiger partial charge on any atom is 0.260 e. The molecule has 1 atom stereocenters. The molecule has 0 radical (unpaired) electrons. The zero-order chi connectivity index (χ0) is 14.6. The van der Waals surface area contributed by atoms with E-state index < -0.39 is 10.0 Å². The average Bonchev–Trinajstić information content (AvgIpc) is 2.90. The van der Waals surface area contributed by atoms with Crippen LogP contribution in [-0.4, -0.2) is 29.2 Å². The summed E-state index contributed by atoms with van der Waals surface area (Å²) in [5, 5.41) is 3.90. The van der Waals surface area contributed by atoms with Gasteiger partial charge in [0.25, 0.3) is 10.0 Å². The van der Waals surface area contributed by atoms with Crippen LogP contribution >= 0.6 is 0 Å². The van der Waals surface area contributed by atoms with E-state index in [1.807, 2.05) is 0 Å². The van der Waals surface area contributed by atoms with Crippen LogP contribution in [0.4, 0.5) is 5.69 Å². The van der Waals surface area contributed by atoms with Gasteiger partial charge in [0.1, 0.15) is 0 Å². The van der Waals surface area contributed by atoms with Gasteiger partial charge in [-0.25, -0.2) is 18.1 Å². The highest BCUT2D eigenvalue weighted by Gasteiger charge is 2.22. The first-order valence-corrected chi connectivity index (χ1v) is 7.42. The number of hydrogen-bond donors (Lipinski definition) is 3. The van der Waals surface area contributed by atoms with E-state index in [0.29, 0.717) is 6.54 Å². The molecule has 20 heavy (non-hydrogen) atoms. The lowest BCUT2D eigenvalue weighted by molar-refractivity contribution is 0.493. The molecule has 0 amide bonds. The van der Waals surface area contributed by atoms with Gasteiger partial charge < -0.3 is 5.43 Å². The lowest BCUT2D eigenvalue weighted by Gasteiger charge is -2.15. The van der Waals surface area contributed by atoms with Gasteiger partial charge >= 0.3 is 0 Å². The molecule has 0 saturated heterocycles. The van der Waals surface area contributed by atoms with Gasteiger partial charge in [0.05, 0.1) is 12.2 Å². The Labute approximate surface area is 117 Å². The summed E-state index contributed by atoms with van der Waals surface area (Å²) in [6.07, 6.45) is 4.79. The molecule has 4 N–H and O–H groups in total. The molecule has 2 aromatic rings. The highest BCUT2D eigenvalue weighted by atomic mass is 32.2. The van der Waals surface area contributed by atoms with E-state index in [0.717, 1.165) is 0 Å². The molecule has 0 saturated carbocycles. The van der Waals surface area contributed by atoms with Crippen molar-refractivity contribution < 1.29 is 8.42 Å². The number of pyridine rings is 1. The van der Waals surface area contributed by atoms with Gasteiger partial charge in [-0.1, -0.05) is 0 Å². The van der Waals surface area contributed by atoms with Crippen molar-refractivity contribution in [2.45, 2.75) is 24.5 Å². The molecule has 108 valence electrons. The predicted molar refractivity (Wildman–Crippen MR) is 74.1 cm³/mol. The molecule has 0 aromatic carbocycles. The molecular weight excluding hydrogens is 280 g/mol. The smallest absolute Gasteiger partial charge is 0.260 e. The first kappa shape index (κ1) is 14.4. The third-order valence-corrected chi connectivity index (χ3v) is 4.10. The van der Waals surface area contributed by atoms with E-state index in [1.54, 1.807) is 42.2 Å². The number of nitrogens with one attached hydrogen (secondary N) is 2. The van der Waals surface area contributed by atoms with Crippen LogP contribution in [0.25, 0.3) is 0 Å². The number of rotatable bonds is 6. The van der Waals surface area contributed by atoms with Crippen molar-refractivity contribution in [3.8, 4) is 0 Å². The van der Waals surface area contributed by atoms with E-state index in [9.17, 15) is 8.42 Å². The lowest BCUT2D eigenvalue weighted by atomic mass is 10.4. The molecule has 0 spiro atoms. The molecule has 2 rings (SSSR count). The summed E-state index contributed by atoms with van der Waals surface area (Å²) < 4.78 is 28.7. The van der Waals surface area contributed by atoms with Crippen LogP contribution in [0.15, 0.2) is 41.8 Å². The molecule has 1 unspecified atom stereocenters. The van der Waals surface area contributed by atoms with E-state index in [2.05, 4.69) is 20.2 Å². The largest absolute Gasteiger partial charge is 0.321 e. The number of hydrogen-bond acceptors (Lipinski definition) is 6. The fourth-order valence-electron chi connectivity index (χ4n) is 1.76. The van der Waals surface area contributed by atoms with Crippen LogP contribution in [0.1, 0.15) is 6.92 Å². The summed E-state index contributed by atoms with van der Waals surface area (Å²) in [4.78, 5) is 3.86. The van der Waals surface area contributed by atoms with Gasteiger partial charge in [-0.3, -0.25) is 10.5 Å². The van der Waals surface area contributed by atoms with Crippen LogP contribution in [0.2, 0.25) is 0 Å². The Hall–Kier alpha value is -1.97. The van der Waals surface area contributed by atoms with Gasteiger partial charge in [0, 0.05) is 24.6 Å². The number of anilines is 1. The topological polar surface area (TPSA) is 115 Å². The Balaban J connectivity index is 2.14. The maximum absolute atomic E-state index is 12.3. The second kappa shape index (κ2) is 5.99. The van der Waals surface area contributed by atoms with Gasteiger partial charge in [0.15, 0.2) is 5.03 Å². The number of hydrazine groups is 1. The SMILES string of the molecule is CC(Cn1cccn1)NS(=O)(=O)c1ncccc1NN. The summed E-state index contributed by atoms with van der Waals surface area (Å²) in [6, 6.07) is 4.57. The second-order valence-corrected chi connectivity index (χ2v) is 5.88. The lowest BCUT2D eigenvalue weighted by Crippen LogP contribution is -2.36. The minimum atomic E-state index is -3.75. The number of nitrogens with zero attached hydrogens (tertiary/aromatic N) is 3. The standard InChI is InChI=1S/C11H16N6O2S/c1-9(8-17-7-3-6-14-17)16-20(18,19)11-10(15-12)4-2-5-13-11/h2-7,9,15-16H,8,12H2,1H3. The Morgan fingerprint density at radius 2 is 2.20 bits per heavy atom. The normalized spacial score (nSPS) is 13.1. The number of aromatic nitrogens is 3. The Morgan fingerprint density at radius 3 is 2.85 bits per heavy atom. The minimum Gasteiger partial charge on any atom is -0.321 e. The summed E-state index contributed by atoms with van der Waals surface area (Å²) in [6.45, 7) is 2.17. The quantitative estimate of drug-likeness (QED) is 0.508. The Morgan fingerprint density at radius 1 is 1.40 bits per heavy atom. The van der Waals surface area contributed by atoms with Crippen LogP contribution in [0.5, 0.6) is 0 Å². The monoisotopic (exact) mass is 296 g/mol. The fourth-order valence-corrected chi connectivity index (χ4v) is 3.09. The van der Waals surface area contributed by atoms with E-state index in [-0.39, 0.29) is 16.8 Å². The van der Waals surface area contributed by atoms with Crippen LogP contribution in [0.3, 0.4) is 0 Å². The number of nitrogen functional groups attached to an aromatic ring is 1. The summed E-state index contributed by atoms with van der Waals surface area (Å²) >= 11 is 0. The van der Waals surface area contributed by atoms with Gasteiger partial charge in [-0.15, -0.1) is 0 Å². The van der Waals surface area contributed by atoms with Crippen molar-refractivity contribution in [2.75, 3.05) is 5.43 Å². The molecule has 0 bridgehead atoms. The van der Waals surface area contributed by atoms with Crippen molar-refractivity contribution in [3.05, 3.63) is 36.8 Å². The fraction of sp³-hybridized carbons (Fsp3) is 0.273. The zero-order valence-electron chi connectivity index (χ0n) is 10.9. The summed E-state index contributed by atoms with van der Waals surface area (Å²) in [5.41, 5.74) is 2.56. The predicted octanol–water partition coefficient (Wildman–Crippen LogP) is -0.0693. The molecule has 2 heterocycles. The molecule has 2 aromatic heterocycles. The molecule has 9 heteroatoms. The Kier molecular flexibility index (Phi) is 4.32. The first-order chi connectivity index (χ1) is 9.53. The molecule has 0 aliphatic heterocycles. The van der Waals surface area contributed by atoms with Crippen molar-refractivity contribution in [1.29, 1.82) is 0 Å². The van der Waals surface area contributed by atoms with Crippen molar-refractivity contribution in [3.63, 3.8) is 0 Å². The molecule has 0 aliphatic rings. The molecule has 0 fully saturated rings. The highest BCUT2D eigenvalue weighted by molar-refractivity contribution is 7.89. The van der Waals surface area contributed by atoms with Gasteiger partial charge in [0.2, 0.25) is 0 Å². The van der Waals surface area contributed by atoms with Crippen molar-refractivity contribution in [2.24, 2.45) is 5.84 Å². The van der Waals surface area contributed by atoms with Crippen LogP contribution in [0, 0.1) is 0 Å². The third kappa shape index (κ3) is 3.32. The first-order valence-electron chi connectivity index (χ1n) is 5.94. The van der Waals surface area contributed by atoms with E-state index >= 15 is 0 Å². The van der Waals surface area contributed by atoms with Crippen LogP contribution in [-0.2, 0) is 16.6 Å². The summed E-state index contributed by atoms with van der Waals surface area (Å²) in [5.74, 6) is 5.29. The number of nitrogens with two attached hydrogens (primary N) is 1. The van der Waals surface area contributed by atoms with E-state index in [1.165, 1.54) is 6.20 Å². The Bertz CT molecular complexity index is 655. The van der Waals surface area contributed by atoms with Crippen LogP contribution < -0.4 is 16.0 Å². The van der Waals surface area contributed by atoms with Gasteiger partial charge in [-0.2, -0.15) is 5.10 Å². The minimum absolute atomic E-state index is 0.130. The maximum atomic E-state index is 12.3. The molecular formula is C11H16N6O2S. The zero-order valence-corrected chi connectivity index (χ0v) is 11.7. The third-order valence-electron chi connectivity index (χ3n) is 2.56. The van der Waals surface area contributed by atoms with Crippen molar-refractivity contribution >= 4 is 15.7 Å².